The maximum Gasteiger partial charge on any atom is 0.119 e. The van der Waals surface area contributed by atoms with E-state index in [2.05, 4.69) is 56.3 Å². The molecule has 24 heavy (non-hydrogen) atoms. The third-order valence-corrected chi connectivity index (χ3v) is 5.17. The van der Waals surface area contributed by atoms with E-state index >= 15 is 0 Å². The highest BCUT2D eigenvalue weighted by Crippen LogP contribution is 2.34. The first-order chi connectivity index (χ1) is 11.8. The maximum atomic E-state index is 5.82. The summed E-state index contributed by atoms with van der Waals surface area (Å²) in [5.41, 5.74) is 2.93. The summed E-state index contributed by atoms with van der Waals surface area (Å²) in [6, 6.07) is 13.3. The van der Waals surface area contributed by atoms with Gasteiger partial charge in [-0.3, -0.25) is 0 Å². The van der Waals surface area contributed by atoms with E-state index in [-0.39, 0.29) is 0 Å². The van der Waals surface area contributed by atoms with Crippen LogP contribution in [0.2, 0.25) is 0 Å². The molecule has 3 rings (SSSR count). The Kier molecular flexibility index (Phi) is 5.96. The van der Waals surface area contributed by atoms with E-state index in [1.165, 1.54) is 60.4 Å². The van der Waals surface area contributed by atoms with Gasteiger partial charge in [0.2, 0.25) is 0 Å². The summed E-state index contributed by atoms with van der Waals surface area (Å²) in [4.78, 5) is 0. The molecule has 0 spiro atoms. The van der Waals surface area contributed by atoms with Crippen LogP contribution in [0.4, 0.5) is 0 Å². The molecular formula is C23H30O. The highest BCUT2D eigenvalue weighted by Gasteiger charge is 2.14. The molecule has 0 fully saturated rings. The molecule has 128 valence electrons. The Bertz CT molecular complexity index is 698. The molecule has 0 saturated carbocycles. The molecule has 2 aromatic rings. The van der Waals surface area contributed by atoms with E-state index in [0.29, 0.717) is 0 Å². The van der Waals surface area contributed by atoms with E-state index in [1.807, 2.05) is 0 Å². The summed E-state index contributed by atoms with van der Waals surface area (Å²) in [5, 5.41) is 2.58. The number of allylic oxidation sites excluding steroid dienone is 2. The van der Waals surface area contributed by atoms with Gasteiger partial charge in [-0.1, -0.05) is 57.4 Å². The van der Waals surface area contributed by atoms with E-state index < -0.39 is 0 Å². The summed E-state index contributed by atoms with van der Waals surface area (Å²) in [7, 11) is 0. The van der Waals surface area contributed by atoms with Crippen LogP contribution in [-0.2, 0) is 0 Å². The van der Waals surface area contributed by atoms with Gasteiger partial charge in [-0.05, 0) is 71.7 Å². The summed E-state index contributed by atoms with van der Waals surface area (Å²) in [5.74, 6) is 1.89. The molecule has 1 atom stereocenters. The fourth-order valence-electron chi connectivity index (χ4n) is 3.67. The predicted molar refractivity (Wildman–Crippen MR) is 105 cm³/mol. The zero-order valence-corrected chi connectivity index (χ0v) is 15.2. The molecule has 2 aromatic carbocycles. The van der Waals surface area contributed by atoms with Crippen LogP contribution in [0.25, 0.3) is 16.3 Å². The van der Waals surface area contributed by atoms with Crippen molar-refractivity contribution in [2.45, 2.75) is 58.8 Å². The Balaban J connectivity index is 1.73. The molecule has 1 aliphatic carbocycles. The predicted octanol–water partition coefficient (Wildman–Crippen LogP) is 7.00. The van der Waals surface area contributed by atoms with E-state index in [0.717, 1.165) is 24.7 Å². The van der Waals surface area contributed by atoms with Crippen LogP contribution in [-0.4, -0.2) is 6.61 Å². The fourth-order valence-corrected chi connectivity index (χ4v) is 3.67. The van der Waals surface area contributed by atoms with E-state index in [4.69, 9.17) is 4.74 Å². The molecule has 0 amide bonds. The van der Waals surface area contributed by atoms with Crippen molar-refractivity contribution in [1.82, 2.24) is 0 Å². The van der Waals surface area contributed by atoms with Gasteiger partial charge in [-0.25, -0.2) is 0 Å². The number of benzene rings is 2. The number of unbranched alkanes of at least 4 members (excludes halogenated alkanes) is 1. The van der Waals surface area contributed by atoms with Crippen molar-refractivity contribution >= 4 is 16.3 Å². The second-order valence-corrected chi connectivity index (χ2v) is 7.08. The minimum absolute atomic E-state index is 0.811. The standard InChI is InChI=1S/C23H30O/c1-3-5-15-24-23-14-13-21-16-20(11-12-22(21)17-23)19-9-7-18(6-4-2)8-10-19/h9,11-14,16-18H,3-8,10,15H2,1-2H3. The van der Waals surface area contributed by atoms with Crippen molar-refractivity contribution in [1.29, 1.82) is 0 Å². The third-order valence-electron chi connectivity index (χ3n) is 5.17. The minimum atomic E-state index is 0.811. The Morgan fingerprint density at radius 3 is 2.58 bits per heavy atom. The van der Waals surface area contributed by atoms with Gasteiger partial charge in [0, 0.05) is 0 Å². The van der Waals surface area contributed by atoms with Gasteiger partial charge in [-0.15, -0.1) is 0 Å². The van der Waals surface area contributed by atoms with Gasteiger partial charge in [-0.2, -0.15) is 0 Å². The molecule has 0 bridgehead atoms. The van der Waals surface area contributed by atoms with Crippen LogP contribution in [0.1, 0.15) is 64.4 Å². The molecule has 0 heterocycles. The van der Waals surface area contributed by atoms with Crippen LogP contribution >= 0.6 is 0 Å². The summed E-state index contributed by atoms with van der Waals surface area (Å²) in [6.45, 7) is 5.30. The van der Waals surface area contributed by atoms with E-state index in [1.54, 1.807) is 0 Å². The molecule has 1 unspecified atom stereocenters. The average molecular weight is 322 g/mol. The van der Waals surface area contributed by atoms with Crippen LogP contribution in [0.5, 0.6) is 5.75 Å². The van der Waals surface area contributed by atoms with Gasteiger partial charge >= 0.3 is 0 Å². The lowest BCUT2D eigenvalue weighted by molar-refractivity contribution is 0.310. The SMILES string of the molecule is CCCCOc1ccc2cc(C3=CCC(CCC)CC3)ccc2c1. The Labute approximate surface area is 146 Å². The molecule has 0 aromatic heterocycles. The lowest BCUT2D eigenvalue weighted by atomic mass is 9.84. The molecule has 0 radical (unpaired) electrons. The Morgan fingerprint density at radius 2 is 1.83 bits per heavy atom. The first kappa shape index (κ1) is 17.1. The van der Waals surface area contributed by atoms with Gasteiger partial charge < -0.3 is 4.74 Å². The quantitative estimate of drug-likeness (QED) is 0.498. The van der Waals surface area contributed by atoms with Crippen molar-refractivity contribution in [3.8, 4) is 5.75 Å². The van der Waals surface area contributed by atoms with Gasteiger partial charge in [0.05, 0.1) is 6.61 Å². The van der Waals surface area contributed by atoms with Gasteiger partial charge in [0.25, 0.3) is 0 Å². The fraction of sp³-hybridized carbons (Fsp3) is 0.478. The third kappa shape index (κ3) is 4.20. The smallest absolute Gasteiger partial charge is 0.119 e. The number of hydrogen-bond donors (Lipinski definition) is 0. The van der Waals surface area contributed by atoms with E-state index in [9.17, 15) is 0 Å². The molecule has 1 heteroatoms. The largest absolute Gasteiger partial charge is 0.494 e. The van der Waals surface area contributed by atoms with Crippen molar-refractivity contribution < 1.29 is 4.74 Å². The second-order valence-electron chi connectivity index (χ2n) is 7.08. The number of ether oxygens (including phenoxy) is 1. The zero-order chi connectivity index (χ0) is 16.8. The van der Waals surface area contributed by atoms with Crippen LogP contribution in [0, 0.1) is 5.92 Å². The maximum absolute atomic E-state index is 5.82. The minimum Gasteiger partial charge on any atom is -0.494 e. The summed E-state index contributed by atoms with van der Waals surface area (Å²) < 4.78 is 5.82. The highest BCUT2D eigenvalue weighted by atomic mass is 16.5. The zero-order valence-electron chi connectivity index (χ0n) is 15.2. The first-order valence-electron chi connectivity index (χ1n) is 9.66. The topological polar surface area (TPSA) is 9.23 Å². The van der Waals surface area contributed by atoms with Gasteiger partial charge in [0.15, 0.2) is 0 Å². The van der Waals surface area contributed by atoms with Gasteiger partial charge in [0.1, 0.15) is 5.75 Å². The molecule has 0 aliphatic heterocycles. The molecule has 0 saturated heterocycles. The molecule has 1 aliphatic rings. The lowest BCUT2D eigenvalue weighted by Gasteiger charge is -2.21. The van der Waals surface area contributed by atoms with Crippen molar-refractivity contribution in [3.63, 3.8) is 0 Å². The molecular weight excluding hydrogens is 292 g/mol. The van der Waals surface area contributed by atoms with Crippen molar-refractivity contribution in [2.75, 3.05) is 6.61 Å². The normalized spacial score (nSPS) is 17.8. The van der Waals surface area contributed by atoms with Crippen molar-refractivity contribution in [2.24, 2.45) is 5.92 Å². The lowest BCUT2D eigenvalue weighted by Crippen LogP contribution is -2.05. The number of rotatable bonds is 7. The average Bonchev–Trinajstić information content (AvgIpc) is 2.62. The van der Waals surface area contributed by atoms with Crippen molar-refractivity contribution in [3.05, 3.63) is 48.0 Å². The Morgan fingerprint density at radius 1 is 1.00 bits per heavy atom. The second kappa shape index (κ2) is 8.37. The molecule has 1 nitrogen and oxygen atoms in total. The molecule has 0 N–H and O–H groups in total. The summed E-state index contributed by atoms with van der Waals surface area (Å²) >= 11 is 0. The van der Waals surface area contributed by atoms with Crippen LogP contribution in [0.15, 0.2) is 42.5 Å². The number of fused-ring (bicyclic) bond motifs is 1. The van der Waals surface area contributed by atoms with Crippen LogP contribution in [0.3, 0.4) is 0 Å². The monoisotopic (exact) mass is 322 g/mol. The Hall–Kier alpha value is -1.76. The number of hydrogen-bond acceptors (Lipinski definition) is 1. The summed E-state index contributed by atoms with van der Waals surface area (Å²) in [6.07, 6.45) is 11.3. The van der Waals surface area contributed by atoms with Crippen LogP contribution < -0.4 is 4.74 Å². The first-order valence-corrected chi connectivity index (χ1v) is 9.66. The highest BCUT2D eigenvalue weighted by molar-refractivity contribution is 5.87.